The Balaban J connectivity index is 1.85. The zero-order valence-corrected chi connectivity index (χ0v) is 15.9. The minimum atomic E-state index is 0.824. The highest BCUT2D eigenvalue weighted by atomic mass is 32.1. The number of thiazole rings is 1. The SMILES string of the molecule is COc1ccc(-c2nc(-c3ccccn3)sc2-c2ccc(OC)cc2)cc1. The molecule has 0 N–H and O–H groups in total. The van der Waals surface area contributed by atoms with E-state index in [4.69, 9.17) is 14.5 Å². The quantitative estimate of drug-likeness (QED) is 0.459. The van der Waals surface area contributed by atoms with E-state index in [9.17, 15) is 0 Å². The third kappa shape index (κ3) is 3.55. The largest absolute Gasteiger partial charge is 0.497 e. The molecule has 0 aliphatic carbocycles. The van der Waals surface area contributed by atoms with Gasteiger partial charge in [0.1, 0.15) is 16.5 Å². The van der Waals surface area contributed by atoms with Crippen molar-refractivity contribution in [1.29, 1.82) is 0 Å². The average molecular weight is 374 g/mol. The van der Waals surface area contributed by atoms with Gasteiger partial charge in [0.15, 0.2) is 0 Å². The molecule has 2 heterocycles. The molecule has 134 valence electrons. The fraction of sp³-hybridized carbons (Fsp3) is 0.0909. The second kappa shape index (κ2) is 7.60. The van der Waals surface area contributed by atoms with Gasteiger partial charge in [0.2, 0.25) is 0 Å². The van der Waals surface area contributed by atoms with Crippen LogP contribution in [0.15, 0.2) is 72.9 Å². The van der Waals surface area contributed by atoms with E-state index in [0.29, 0.717) is 0 Å². The zero-order chi connectivity index (χ0) is 18.6. The van der Waals surface area contributed by atoms with Crippen LogP contribution >= 0.6 is 11.3 Å². The molecule has 0 fully saturated rings. The van der Waals surface area contributed by atoms with Gasteiger partial charge in [0.05, 0.1) is 30.5 Å². The maximum Gasteiger partial charge on any atom is 0.143 e. The van der Waals surface area contributed by atoms with E-state index >= 15 is 0 Å². The molecule has 0 aliphatic heterocycles. The smallest absolute Gasteiger partial charge is 0.143 e. The first-order valence-electron chi connectivity index (χ1n) is 8.49. The third-order valence-electron chi connectivity index (χ3n) is 4.23. The van der Waals surface area contributed by atoms with Crippen molar-refractivity contribution in [2.24, 2.45) is 0 Å². The van der Waals surface area contributed by atoms with Gasteiger partial charge < -0.3 is 9.47 Å². The molecule has 0 amide bonds. The molecular formula is C22H18N2O2S. The molecule has 0 aliphatic rings. The topological polar surface area (TPSA) is 44.2 Å². The molecule has 0 atom stereocenters. The monoisotopic (exact) mass is 374 g/mol. The van der Waals surface area contributed by atoms with E-state index in [0.717, 1.165) is 43.9 Å². The second-order valence-corrected chi connectivity index (χ2v) is 6.87. The summed E-state index contributed by atoms with van der Waals surface area (Å²) >= 11 is 1.64. The molecule has 5 heteroatoms. The lowest BCUT2D eigenvalue weighted by molar-refractivity contribution is 0.414. The Labute approximate surface area is 162 Å². The summed E-state index contributed by atoms with van der Waals surface area (Å²) in [7, 11) is 3.34. The van der Waals surface area contributed by atoms with Crippen LogP contribution in [-0.2, 0) is 0 Å². The van der Waals surface area contributed by atoms with Crippen molar-refractivity contribution in [3.05, 3.63) is 72.9 Å². The van der Waals surface area contributed by atoms with Crippen molar-refractivity contribution in [3.63, 3.8) is 0 Å². The number of methoxy groups -OCH3 is 2. The van der Waals surface area contributed by atoms with E-state index in [1.54, 1.807) is 31.8 Å². The van der Waals surface area contributed by atoms with Gasteiger partial charge in [-0.1, -0.05) is 6.07 Å². The maximum absolute atomic E-state index is 5.28. The lowest BCUT2D eigenvalue weighted by atomic mass is 10.1. The Bertz CT molecular complexity index is 961. The molecule has 2 aromatic heterocycles. The zero-order valence-electron chi connectivity index (χ0n) is 15.0. The number of ether oxygens (including phenoxy) is 2. The van der Waals surface area contributed by atoms with Crippen molar-refractivity contribution < 1.29 is 9.47 Å². The van der Waals surface area contributed by atoms with Crippen molar-refractivity contribution in [3.8, 4) is 43.9 Å². The van der Waals surface area contributed by atoms with Crippen LogP contribution in [0, 0.1) is 0 Å². The fourth-order valence-electron chi connectivity index (χ4n) is 2.80. The van der Waals surface area contributed by atoms with Gasteiger partial charge in [-0.25, -0.2) is 4.98 Å². The summed E-state index contributed by atoms with van der Waals surface area (Å²) in [5.74, 6) is 1.66. The summed E-state index contributed by atoms with van der Waals surface area (Å²) in [5.41, 5.74) is 3.95. The van der Waals surface area contributed by atoms with Gasteiger partial charge >= 0.3 is 0 Å². The Hall–Kier alpha value is -3.18. The van der Waals surface area contributed by atoms with Gasteiger partial charge in [0.25, 0.3) is 0 Å². The van der Waals surface area contributed by atoms with E-state index in [-0.39, 0.29) is 0 Å². The first-order chi connectivity index (χ1) is 13.3. The first kappa shape index (κ1) is 17.2. The number of aromatic nitrogens is 2. The number of pyridine rings is 1. The van der Waals surface area contributed by atoms with E-state index in [1.807, 2.05) is 54.6 Å². The van der Waals surface area contributed by atoms with E-state index in [1.165, 1.54) is 0 Å². The molecule has 27 heavy (non-hydrogen) atoms. The highest BCUT2D eigenvalue weighted by Crippen LogP contribution is 2.40. The predicted molar refractivity (Wildman–Crippen MR) is 109 cm³/mol. The molecule has 0 unspecified atom stereocenters. The van der Waals surface area contributed by atoms with Gasteiger partial charge in [-0.2, -0.15) is 0 Å². The number of rotatable bonds is 5. The molecule has 0 spiro atoms. The first-order valence-corrected chi connectivity index (χ1v) is 9.31. The number of benzene rings is 2. The Morgan fingerprint density at radius 2 is 1.37 bits per heavy atom. The highest BCUT2D eigenvalue weighted by molar-refractivity contribution is 7.18. The van der Waals surface area contributed by atoms with Crippen molar-refractivity contribution >= 4 is 11.3 Å². The van der Waals surface area contributed by atoms with Crippen LogP contribution in [0.5, 0.6) is 11.5 Å². The molecule has 2 aromatic carbocycles. The molecule has 0 bridgehead atoms. The molecule has 4 aromatic rings. The van der Waals surface area contributed by atoms with Gasteiger partial charge in [-0.15, -0.1) is 11.3 Å². The lowest BCUT2D eigenvalue weighted by Crippen LogP contribution is -1.86. The average Bonchev–Trinajstić information content (AvgIpc) is 3.20. The standard InChI is InChI=1S/C22H18N2O2S/c1-25-17-10-6-15(7-11-17)20-21(16-8-12-18(26-2)13-9-16)27-22(24-20)19-5-3-4-14-23-19/h3-14H,1-2H3. The minimum Gasteiger partial charge on any atom is -0.497 e. The predicted octanol–water partition coefficient (Wildman–Crippen LogP) is 5.56. The molecular weight excluding hydrogens is 356 g/mol. The third-order valence-corrected chi connectivity index (χ3v) is 5.35. The Morgan fingerprint density at radius 1 is 0.741 bits per heavy atom. The summed E-state index contributed by atoms with van der Waals surface area (Å²) in [4.78, 5) is 10.5. The normalized spacial score (nSPS) is 10.6. The number of hydrogen-bond acceptors (Lipinski definition) is 5. The Morgan fingerprint density at radius 3 is 1.93 bits per heavy atom. The molecule has 0 radical (unpaired) electrons. The van der Waals surface area contributed by atoms with Crippen molar-refractivity contribution in [2.75, 3.05) is 14.2 Å². The molecule has 4 nitrogen and oxygen atoms in total. The van der Waals surface area contributed by atoms with E-state index in [2.05, 4.69) is 17.1 Å². The lowest BCUT2D eigenvalue weighted by Gasteiger charge is -2.05. The van der Waals surface area contributed by atoms with E-state index < -0.39 is 0 Å². The summed E-state index contributed by atoms with van der Waals surface area (Å²) in [5, 5.41) is 0.896. The fourth-order valence-corrected chi connectivity index (χ4v) is 3.87. The molecule has 0 saturated carbocycles. The summed E-state index contributed by atoms with van der Waals surface area (Å²) in [6.07, 6.45) is 1.79. The van der Waals surface area contributed by atoms with Crippen LogP contribution in [-0.4, -0.2) is 24.2 Å². The Kier molecular flexibility index (Phi) is 4.85. The van der Waals surface area contributed by atoms with Gasteiger partial charge in [-0.05, 0) is 66.2 Å². The van der Waals surface area contributed by atoms with Crippen molar-refractivity contribution in [1.82, 2.24) is 9.97 Å². The van der Waals surface area contributed by atoms with Gasteiger partial charge in [0, 0.05) is 11.8 Å². The van der Waals surface area contributed by atoms with Crippen LogP contribution in [0.25, 0.3) is 32.4 Å². The van der Waals surface area contributed by atoms with Crippen LogP contribution in [0.2, 0.25) is 0 Å². The van der Waals surface area contributed by atoms with Crippen LogP contribution in [0.3, 0.4) is 0 Å². The van der Waals surface area contributed by atoms with Crippen molar-refractivity contribution in [2.45, 2.75) is 0 Å². The minimum absolute atomic E-state index is 0.824. The number of hydrogen-bond donors (Lipinski definition) is 0. The highest BCUT2D eigenvalue weighted by Gasteiger charge is 2.17. The van der Waals surface area contributed by atoms with Crippen LogP contribution < -0.4 is 9.47 Å². The summed E-state index contributed by atoms with van der Waals surface area (Å²) < 4.78 is 10.6. The second-order valence-electron chi connectivity index (χ2n) is 5.87. The van der Waals surface area contributed by atoms with Crippen LogP contribution in [0.1, 0.15) is 0 Å². The molecule has 4 rings (SSSR count). The number of nitrogens with zero attached hydrogens (tertiary/aromatic N) is 2. The van der Waals surface area contributed by atoms with Gasteiger partial charge in [-0.3, -0.25) is 4.98 Å². The maximum atomic E-state index is 5.28. The summed E-state index contributed by atoms with van der Waals surface area (Å²) in [6.45, 7) is 0. The van der Waals surface area contributed by atoms with Crippen LogP contribution in [0.4, 0.5) is 0 Å². The molecule has 0 saturated heterocycles. The summed E-state index contributed by atoms with van der Waals surface area (Å²) in [6, 6.07) is 21.9.